The van der Waals surface area contributed by atoms with Gasteiger partial charge in [-0.2, -0.15) is 0 Å². The van der Waals surface area contributed by atoms with E-state index in [2.05, 4.69) is 9.97 Å². The van der Waals surface area contributed by atoms with Crippen molar-refractivity contribution in [3.63, 3.8) is 0 Å². The average molecular weight is 357 g/mol. The van der Waals surface area contributed by atoms with Crippen molar-refractivity contribution in [2.24, 2.45) is 0 Å². The maximum atomic E-state index is 11.5. The highest BCUT2D eigenvalue weighted by Crippen LogP contribution is 2.28. The van der Waals surface area contributed by atoms with Crippen molar-refractivity contribution in [3.8, 4) is 17.0 Å². The van der Waals surface area contributed by atoms with Crippen LogP contribution in [-0.4, -0.2) is 51.4 Å². The van der Waals surface area contributed by atoms with Crippen LogP contribution in [0.5, 0.6) is 5.75 Å². The van der Waals surface area contributed by atoms with E-state index in [9.17, 15) is 15.0 Å². The van der Waals surface area contributed by atoms with Crippen LogP contribution in [0.4, 0.5) is 5.95 Å². The first-order chi connectivity index (χ1) is 12.4. The smallest absolute Gasteiger partial charge is 0.339 e. The zero-order valence-electron chi connectivity index (χ0n) is 15.0. The highest BCUT2D eigenvalue weighted by molar-refractivity contribution is 5.92. The number of nitrogens with zero attached hydrogens (tertiary/aromatic N) is 3. The Hall–Kier alpha value is -2.67. The van der Waals surface area contributed by atoms with Crippen molar-refractivity contribution in [1.29, 1.82) is 0 Å². The van der Waals surface area contributed by atoms with Gasteiger partial charge in [0.15, 0.2) is 0 Å². The lowest BCUT2D eigenvalue weighted by molar-refractivity contribution is 0.0444. The van der Waals surface area contributed by atoms with Gasteiger partial charge in [0.05, 0.1) is 17.9 Å². The van der Waals surface area contributed by atoms with E-state index in [0.29, 0.717) is 36.1 Å². The maximum Gasteiger partial charge on any atom is 0.339 e. The first-order valence-corrected chi connectivity index (χ1v) is 8.70. The van der Waals surface area contributed by atoms with E-state index in [-0.39, 0.29) is 5.56 Å². The summed E-state index contributed by atoms with van der Waals surface area (Å²) in [5, 5.41) is 19.7. The third kappa shape index (κ3) is 3.94. The van der Waals surface area contributed by atoms with Crippen molar-refractivity contribution in [1.82, 2.24) is 9.97 Å². The number of aromatic nitrogens is 2. The molecule has 1 unspecified atom stereocenters. The normalized spacial score (nSPS) is 20.0. The second-order valence-electron chi connectivity index (χ2n) is 6.71. The Morgan fingerprint density at radius 3 is 2.88 bits per heavy atom. The molecule has 26 heavy (non-hydrogen) atoms. The van der Waals surface area contributed by atoms with E-state index in [4.69, 9.17) is 4.74 Å². The summed E-state index contributed by atoms with van der Waals surface area (Å²) >= 11 is 0. The lowest BCUT2D eigenvalue weighted by atomic mass is 9.95. The number of benzene rings is 1. The van der Waals surface area contributed by atoms with E-state index in [1.54, 1.807) is 30.5 Å². The topological polar surface area (TPSA) is 95.8 Å². The molecule has 0 saturated carbocycles. The molecular formula is C19H23N3O4. The Labute approximate surface area is 152 Å². The predicted octanol–water partition coefficient (Wildman–Crippen LogP) is 2.59. The molecule has 7 nitrogen and oxygen atoms in total. The van der Waals surface area contributed by atoms with Crippen molar-refractivity contribution in [3.05, 3.63) is 36.0 Å². The van der Waals surface area contributed by atoms with Gasteiger partial charge in [0.25, 0.3) is 0 Å². The van der Waals surface area contributed by atoms with E-state index >= 15 is 0 Å². The molecule has 0 spiro atoms. The number of hydrogen-bond donors (Lipinski definition) is 2. The zero-order chi connectivity index (χ0) is 18.7. The number of aliphatic hydroxyl groups is 1. The molecule has 1 fully saturated rings. The largest absolute Gasteiger partial charge is 0.493 e. The number of anilines is 1. The van der Waals surface area contributed by atoms with E-state index in [1.165, 1.54) is 0 Å². The van der Waals surface area contributed by atoms with Gasteiger partial charge in [-0.05, 0) is 51.0 Å². The number of ether oxygens (including phenoxy) is 1. The SMILES string of the molecule is CCOc1ccc(-c2ccnc(N3CCCC(C)(O)C3)n2)cc1C(=O)O. The lowest BCUT2D eigenvalue weighted by Gasteiger charge is -2.36. The number of carboxylic acid groups (broad SMARTS) is 1. The highest BCUT2D eigenvalue weighted by Gasteiger charge is 2.29. The van der Waals surface area contributed by atoms with E-state index < -0.39 is 11.6 Å². The van der Waals surface area contributed by atoms with Gasteiger partial charge in [-0.15, -0.1) is 0 Å². The van der Waals surface area contributed by atoms with Crippen molar-refractivity contribution >= 4 is 11.9 Å². The summed E-state index contributed by atoms with van der Waals surface area (Å²) in [6, 6.07) is 6.74. The Morgan fingerprint density at radius 1 is 1.38 bits per heavy atom. The number of β-amino-alcohol motifs (C(OH)–C–C–N with tert-alkyl or cyclic N) is 1. The Morgan fingerprint density at radius 2 is 2.19 bits per heavy atom. The van der Waals surface area contributed by atoms with Crippen LogP contribution in [0, 0.1) is 0 Å². The molecule has 1 aliphatic heterocycles. The second-order valence-corrected chi connectivity index (χ2v) is 6.71. The molecule has 1 saturated heterocycles. The fraction of sp³-hybridized carbons (Fsp3) is 0.421. The minimum absolute atomic E-state index is 0.102. The van der Waals surface area contributed by atoms with Crippen LogP contribution in [0.2, 0.25) is 0 Å². The monoisotopic (exact) mass is 357 g/mol. The van der Waals surface area contributed by atoms with Gasteiger partial charge in [-0.1, -0.05) is 0 Å². The molecular weight excluding hydrogens is 334 g/mol. The molecule has 2 N–H and O–H groups in total. The quantitative estimate of drug-likeness (QED) is 0.849. The summed E-state index contributed by atoms with van der Waals surface area (Å²) in [6.45, 7) is 5.27. The summed E-state index contributed by atoms with van der Waals surface area (Å²) in [6.07, 6.45) is 3.27. The number of carboxylic acids is 1. The van der Waals surface area contributed by atoms with Crippen LogP contribution in [0.15, 0.2) is 30.5 Å². The first-order valence-electron chi connectivity index (χ1n) is 8.70. The van der Waals surface area contributed by atoms with Crippen LogP contribution in [0.3, 0.4) is 0 Å². The zero-order valence-corrected chi connectivity index (χ0v) is 15.0. The molecule has 0 bridgehead atoms. The van der Waals surface area contributed by atoms with Crippen molar-refractivity contribution in [2.75, 3.05) is 24.6 Å². The Balaban J connectivity index is 1.93. The molecule has 0 aliphatic carbocycles. The van der Waals surface area contributed by atoms with Gasteiger partial charge in [-0.25, -0.2) is 14.8 Å². The van der Waals surface area contributed by atoms with Crippen LogP contribution in [0.25, 0.3) is 11.3 Å². The minimum Gasteiger partial charge on any atom is -0.493 e. The number of piperidine rings is 1. The standard InChI is InChI=1S/C19H23N3O4/c1-3-26-16-6-5-13(11-14(16)17(23)24)15-7-9-20-18(21-15)22-10-4-8-19(2,25)12-22/h5-7,9,11,25H,3-4,8,10,12H2,1-2H3,(H,23,24). The second kappa shape index (κ2) is 7.29. The van der Waals surface area contributed by atoms with Crippen molar-refractivity contribution < 1.29 is 19.7 Å². The van der Waals surface area contributed by atoms with Crippen molar-refractivity contribution in [2.45, 2.75) is 32.3 Å². The summed E-state index contributed by atoms with van der Waals surface area (Å²) < 4.78 is 5.38. The highest BCUT2D eigenvalue weighted by atomic mass is 16.5. The molecule has 1 aromatic heterocycles. The molecule has 0 amide bonds. The first kappa shape index (κ1) is 18.1. The van der Waals surface area contributed by atoms with Gasteiger partial charge >= 0.3 is 5.97 Å². The molecule has 138 valence electrons. The predicted molar refractivity (Wildman–Crippen MR) is 97.7 cm³/mol. The third-order valence-corrected chi connectivity index (χ3v) is 4.41. The lowest BCUT2D eigenvalue weighted by Crippen LogP contribution is -2.46. The van der Waals surface area contributed by atoms with E-state index in [0.717, 1.165) is 19.4 Å². The van der Waals surface area contributed by atoms with Gasteiger partial charge in [-0.3, -0.25) is 0 Å². The number of carbonyl (C=O) groups is 1. The van der Waals surface area contributed by atoms with Crippen LogP contribution in [0.1, 0.15) is 37.0 Å². The minimum atomic E-state index is -1.04. The Kier molecular flexibility index (Phi) is 5.08. The Bertz CT molecular complexity index is 807. The fourth-order valence-corrected chi connectivity index (χ4v) is 3.19. The third-order valence-electron chi connectivity index (χ3n) is 4.41. The number of hydrogen-bond acceptors (Lipinski definition) is 6. The summed E-state index contributed by atoms with van der Waals surface area (Å²) in [7, 11) is 0. The molecule has 1 aromatic carbocycles. The van der Waals surface area contributed by atoms with E-state index in [1.807, 2.05) is 18.7 Å². The average Bonchev–Trinajstić information content (AvgIpc) is 2.61. The molecule has 3 rings (SSSR count). The summed E-state index contributed by atoms with van der Waals surface area (Å²) in [5.41, 5.74) is 0.655. The maximum absolute atomic E-state index is 11.5. The molecule has 1 atom stereocenters. The van der Waals surface area contributed by atoms with Crippen LogP contribution >= 0.6 is 0 Å². The number of aromatic carboxylic acids is 1. The van der Waals surface area contributed by atoms with Gasteiger partial charge < -0.3 is 19.8 Å². The molecule has 0 radical (unpaired) electrons. The van der Waals surface area contributed by atoms with Gasteiger partial charge in [0.2, 0.25) is 5.95 Å². The summed E-state index contributed by atoms with van der Waals surface area (Å²) in [5.74, 6) is -0.171. The molecule has 2 aromatic rings. The number of rotatable bonds is 5. The fourth-order valence-electron chi connectivity index (χ4n) is 3.19. The van der Waals surface area contributed by atoms with Crippen LogP contribution < -0.4 is 9.64 Å². The molecule has 7 heteroatoms. The summed E-state index contributed by atoms with van der Waals surface area (Å²) in [4.78, 5) is 22.4. The molecule has 1 aliphatic rings. The van der Waals surface area contributed by atoms with Crippen LogP contribution in [-0.2, 0) is 0 Å². The molecule has 2 heterocycles. The van der Waals surface area contributed by atoms with Gasteiger partial charge in [0.1, 0.15) is 11.3 Å². The van der Waals surface area contributed by atoms with Gasteiger partial charge in [0, 0.05) is 24.8 Å².